The molecule has 0 saturated heterocycles. The lowest BCUT2D eigenvalue weighted by Gasteiger charge is -2.09. The average molecular weight is 292 g/mol. The lowest BCUT2D eigenvalue weighted by Crippen LogP contribution is -2.27. The summed E-state index contributed by atoms with van der Waals surface area (Å²) in [6.07, 6.45) is 1.44. The number of hydrogen-bond acceptors (Lipinski definition) is 3. The van der Waals surface area contributed by atoms with Crippen molar-refractivity contribution in [3.8, 4) is 0 Å². The van der Waals surface area contributed by atoms with Crippen LogP contribution in [0.1, 0.15) is 30.1 Å². The van der Waals surface area contributed by atoms with E-state index in [2.05, 4.69) is 5.32 Å². The van der Waals surface area contributed by atoms with Crippen LogP contribution in [0.5, 0.6) is 0 Å². The molecule has 1 amide bonds. The number of hydrogen-bond donors (Lipinski definition) is 2. The Balaban J connectivity index is 3.17. The molecule has 0 aliphatic rings. The number of amides is 1. The van der Waals surface area contributed by atoms with Crippen LogP contribution < -0.4 is 10.5 Å². The summed E-state index contributed by atoms with van der Waals surface area (Å²) in [6.45, 7) is 2.13. The highest BCUT2D eigenvalue weighted by atomic mass is 32.2. The molecule has 19 heavy (non-hydrogen) atoms. The molecule has 0 aliphatic heterocycles. The largest absolute Gasteiger partial charge is 0.352 e. The molecule has 3 N–H and O–H groups in total. The minimum absolute atomic E-state index is 0.244. The topological polar surface area (TPSA) is 89.3 Å². The van der Waals surface area contributed by atoms with Gasteiger partial charge in [0.15, 0.2) is 5.82 Å². The van der Waals surface area contributed by atoms with E-state index in [1.54, 1.807) is 0 Å². The van der Waals surface area contributed by atoms with Crippen LogP contribution in [0.4, 0.5) is 8.78 Å². The standard InChI is InChI=1S/C11H14F2N2O3S/c1-2-3-6-15-11(16)9-7(12)4-5-8(10(9)13)19(14,17)18/h4-5H,2-3,6H2,1H3,(H,15,16)(H2,14,17,18). The van der Waals surface area contributed by atoms with Crippen molar-refractivity contribution in [2.45, 2.75) is 24.7 Å². The maximum Gasteiger partial charge on any atom is 0.257 e. The van der Waals surface area contributed by atoms with Gasteiger partial charge in [0.05, 0.1) is 0 Å². The Morgan fingerprint density at radius 2 is 2.00 bits per heavy atom. The maximum absolute atomic E-state index is 13.8. The van der Waals surface area contributed by atoms with Crippen LogP contribution in [-0.2, 0) is 10.0 Å². The van der Waals surface area contributed by atoms with Crippen molar-refractivity contribution in [2.24, 2.45) is 5.14 Å². The van der Waals surface area contributed by atoms with Crippen molar-refractivity contribution in [2.75, 3.05) is 6.54 Å². The van der Waals surface area contributed by atoms with Gasteiger partial charge in [0.25, 0.3) is 5.91 Å². The van der Waals surface area contributed by atoms with Crippen molar-refractivity contribution in [1.82, 2.24) is 5.32 Å². The van der Waals surface area contributed by atoms with Gasteiger partial charge in [-0.1, -0.05) is 13.3 Å². The van der Waals surface area contributed by atoms with Gasteiger partial charge in [0, 0.05) is 6.54 Å². The monoisotopic (exact) mass is 292 g/mol. The Morgan fingerprint density at radius 1 is 1.37 bits per heavy atom. The summed E-state index contributed by atoms with van der Waals surface area (Å²) in [5, 5.41) is 7.08. The van der Waals surface area contributed by atoms with E-state index in [0.29, 0.717) is 18.6 Å². The number of sulfonamides is 1. The van der Waals surface area contributed by atoms with Crippen molar-refractivity contribution in [3.63, 3.8) is 0 Å². The fraction of sp³-hybridized carbons (Fsp3) is 0.364. The van der Waals surface area contributed by atoms with E-state index in [-0.39, 0.29) is 6.54 Å². The Hall–Kier alpha value is -1.54. The first kappa shape index (κ1) is 15.5. The number of carbonyl (C=O) groups excluding carboxylic acids is 1. The van der Waals surface area contributed by atoms with Gasteiger partial charge < -0.3 is 5.32 Å². The molecule has 1 rings (SSSR count). The fourth-order valence-corrected chi connectivity index (χ4v) is 2.04. The third kappa shape index (κ3) is 3.71. The zero-order chi connectivity index (χ0) is 14.6. The Kier molecular flexibility index (Phi) is 4.96. The Bertz CT molecular complexity index is 588. The van der Waals surface area contributed by atoms with Gasteiger partial charge in [-0.3, -0.25) is 4.79 Å². The van der Waals surface area contributed by atoms with E-state index in [1.807, 2.05) is 6.92 Å². The zero-order valence-corrected chi connectivity index (χ0v) is 11.1. The van der Waals surface area contributed by atoms with E-state index < -0.39 is 38.0 Å². The third-order valence-electron chi connectivity index (χ3n) is 2.41. The number of halogens is 2. The second-order valence-electron chi connectivity index (χ2n) is 3.89. The maximum atomic E-state index is 13.8. The highest BCUT2D eigenvalue weighted by molar-refractivity contribution is 7.89. The van der Waals surface area contributed by atoms with Gasteiger partial charge in [-0.05, 0) is 18.6 Å². The first-order valence-electron chi connectivity index (χ1n) is 5.58. The predicted octanol–water partition coefficient (Wildman–Crippen LogP) is 1.14. The molecule has 1 aromatic rings. The van der Waals surface area contributed by atoms with Crippen molar-refractivity contribution in [1.29, 1.82) is 0 Å². The van der Waals surface area contributed by atoms with Gasteiger partial charge in [0.2, 0.25) is 10.0 Å². The van der Waals surface area contributed by atoms with E-state index in [9.17, 15) is 22.0 Å². The number of nitrogens with one attached hydrogen (secondary N) is 1. The average Bonchev–Trinajstić information content (AvgIpc) is 2.27. The number of unbranched alkanes of at least 4 members (excludes halogenated alkanes) is 1. The third-order valence-corrected chi connectivity index (χ3v) is 3.33. The first-order valence-corrected chi connectivity index (χ1v) is 7.12. The van der Waals surface area contributed by atoms with Crippen molar-refractivity contribution in [3.05, 3.63) is 29.3 Å². The normalized spacial score (nSPS) is 11.4. The SMILES string of the molecule is CCCCNC(=O)c1c(F)ccc(S(N)(=O)=O)c1F. The van der Waals surface area contributed by atoms with Gasteiger partial charge >= 0.3 is 0 Å². The highest BCUT2D eigenvalue weighted by Crippen LogP contribution is 2.20. The molecule has 5 nitrogen and oxygen atoms in total. The van der Waals surface area contributed by atoms with Crippen LogP contribution in [0.15, 0.2) is 17.0 Å². The Morgan fingerprint density at radius 3 is 2.53 bits per heavy atom. The van der Waals surface area contributed by atoms with E-state index in [1.165, 1.54) is 0 Å². The Labute approximate surface area is 109 Å². The molecule has 0 bridgehead atoms. The van der Waals surface area contributed by atoms with Crippen LogP contribution in [0, 0.1) is 11.6 Å². The molecule has 106 valence electrons. The second kappa shape index (κ2) is 6.07. The van der Waals surface area contributed by atoms with Gasteiger partial charge in [-0.2, -0.15) is 0 Å². The molecular formula is C11H14F2N2O3S. The summed E-state index contributed by atoms with van der Waals surface area (Å²) in [6, 6.07) is 1.38. The zero-order valence-electron chi connectivity index (χ0n) is 10.2. The summed E-state index contributed by atoms with van der Waals surface area (Å²) >= 11 is 0. The number of carbonyl (C=O) groups is 1. The summed E-state index contributed by atoms with van der Waals surface area (Å²) in [5.74, 6) is -3.62. The summed E-state index contributed by atoms with van der Waals surface area (Å²) < 4.78 is 49.4. The van der Waals surface area contributed by atoms with Gasteiger partial charge in [0.1, 0.15) is 16.3 Å². The molecule has 0 aliphatic carbocycles. The van der Waals surface area contributed by atoms with E-state index in [4.69, 9.17) is 5.14 Å². The predicted molar refractivity (Wildman–Crippen MR) is 65.0 cm³/mol. The first-order chi connectivity index (χ1) is 8.79. The molecule has 0 atom stereocenters. The van der Waals surface area contributed by atoms with E-state index >= 15 is 0 Å². The number of rotatable bonds is 5. The van der Waals surface area contributed by atoms with E-state index in [0.717, 1.165) is 6.42 Å². The van der Waals surface area contributed by atoms with Crippen LogP contribution in [-0.4, -0.2) is 20.9 Å². The van der Waals surface area contributed by atoms with Gasteiger partial charge in [-0.25, -0.2) is 22.3 Å². The second-order valence-corrected chi connectivity index (χ2v) is 5.42. The minimum atomic E-state index is -4.35. The van der Waals surface area contributed by atoms with Crippen molar-refractivity contribution < 1.29 is 22.0 Å². The van der Waals surface area contributed by atoms with Crippen LogP contribution in [0.2, 0.25) is 0 Å². The molecule has 0 fully saturated rings. The number of benzene rings is 1. The molecular weight excluding hydrogens is 278 g/mol. The molecule has 1 aromatic carbocycles. The van der Waals surface area contributed by atoms with Gasteiger partial charge in [-0.15, -0.1) is 0 Å². The number of primary sulfonamides is 1. The molecule has 0 unspecified atom stereocenters. The summed E-state index contributed by atoms with van der Waals surface area (Å²) in [5.41, 5.74) is -0.942. The molecule has 8 heteroatoms. The summed E-state index contributed by atoms with van der Waals surface area (Å²) in [4.78, 5) is 10.7. The van der Waals surface area contributed by atoms with Crippen LogP contribution in [0.3, 0.4) is 0 Å². The highest BCUT2D eigenvalue weighted by Gasteiger charge is 2.24. The van der Waals surface area contributed by atoms with Crippen LogP contribution >= 0.6 is 0 Å². The molecule has 0 saturated carbocycles. The summed E-state index contributed by atoms with van der Waals surface area (Å²) in [7, 11) is -4.35. The fourth-order valence-electron chi connectivity index (χ4n) is 1.43. The number of nitrogens with two attached hydrogens (primary N) is 1. The molecule has 0 aromatic heterocycles. The lowest BCUT2D eigenvalue weighted by molar-refractivity contribution is 0.0944. The van der Waals surface area contributed by atoms with Crippen molar-refractivity contribution >= 4 is 15.9 Å². The molecule has 0 radical (unpaired) electrons. The lowest BCUT2D eigenvalue weighted by atomic mass is 10.2. The molecule has 0 heterocycles. The minimum Gasteiger partial charge on any atom is -0.352 e. The smallest absolute Gasteiger partial charge is 0.257 e. The van der Waals surface area contributed by atoms with Crippen LogP contribution in [0.25, 0.3) is 0 Å². The molecule has 0 spiro atoms. The quantitative estimate of drug-likeness (QED) is 0.798.